The van der Waals surface area contributed by atoms with Crippen molar-refractivity contribution in [2.45, 2.75) is 25.7 Å². The maximum Gasteiger partial charge on any atom is 0.414 e. The van der Waals surface area contributed by atoms with Crippen LogP contribution in [-0.4, -0.2) is 67.2 Å². The molecule has 1 aromatic rings. The topological polar surface area (TPSA) is 82.2 Å². The summed E-state index contributed by atoms with van der Waals surface area (Å²) >= 11 is 0. The fourth-order valence-electron chi connectivity index (χ4n) is 4.10. The molecule has 4 amide bonds. The summed E-state index contributed by atoms with van der Waals surface area (Å²) in [6.45, 7) is 3.72. The zero-order valence-electron chi connectivity index (χ0n) is 15.9. The number of benzene rings is 1. The second kappa shape index (κ2) is 8.08. The van der Waals surface area contributed by atoms with Gasteiger partial charge in [0.25, 0.3) is 0 Å². The molecule has 0 aromatic heterocycles. The van der Waals surface area contributed by atoms with Gasteiger partial charge in [0.05, 0.1) is 17.9 Å². The molecule has 0 atom stereocenters. The third-order valence-electron chi connectivity index (χ3n) is 5.73. The number of hydrogen-bond donors (Lipinski definition) is 1. The van der Waals surface area contributed by atoms with E-state index in [9.17, 15) is 14.4 Å². The first-order valence-corrected chi connectivity index (χ1v) is 10.0. The van der Waals surface area contributed by atoms with Crippen molar-refractivity contribution in [2.75, 3.05) is 49.5 Å². The number of likely N-dealkylation sites (tertiary alicyclic amines) is 2. The van der Waals surface area contributed by atoms with Crippen molar-refractivity contribution < 1.29 is 19.1 Å². The zero-order valence-corrected chi connectivity index (χ0v) is 15.9. The number of carbonyl (C=O) groups excluding carboxylic acids is 3. The van der Waals surface area contributed by atoms with Crippen LogP contribution >= 0.6 is 0 Å². The number of anilines is 2. The molecule has 8 nitrogen and oxygen atoms in total. The highest BCUT2D eigenvalue weighted by molar-refractivity contribution is 6.00. The first-order valence-electron chi connectivity index (χ1n) is 10.0. The molecule has 3 aliphatic rings. The van der Waals surface area contributed by atoms with E-state index in [1.807, 2.05) is 21.9 Å². The molecule has 0 aliphatic carbocycles. The van der Waals surface area contributed by atoms with Crippen molar-refractivity contribution in [3.8, 4) is 0 Å². The van der Waals surface area contributed by atoms with Crippen molar-refractivity contribution in [1.29, 1.82) is 0 Å². The number of piperidine rings is 1. The highest BCUT2D eigenvalue weighted by Crippen LogP contribution is 2.29. The van der Waals surface area contributed by atoms with Gasteiger partial charge in [-0.05, 0) is 37.8 Å². The van der Waals surface area contributed by atoms with Gasteiger partial charge in [0.2, 0.25) is 5.91 Å². The van der Waals surface area contributed by atoms with Crippen LogP contribution in [0.5, 0.6) is 0 Å². The number of nitrogens with zero attached hydrogens (tertiary/aromatic N) is 3. The standard InChI is InChI=1S/C20H26N4O4/c25-18(15-7-11-23(12-8-15)19(26)22-9-3-4-10-22)21-16-5-1-2-6-17(16)24-13-14-28-20(24)27/h1-2,5-6,15H,3-4,7-14H2,(H,21,25). The maximum absolute atomic E-state index is 12.8. The molecule has 0 unspecified atom stereocenters. The van der Waals surface area contributed by atoms with Gasteiger partial charge in [-0.1, -0.05) is 12.1 Å². The summed E-state index contributed by atoms with van der Waals surface area (Å²) in [5.74, 6) is -0.200. The van der Waals surface area contributed by atoms with E-state index in [0.717, 1.165) is 25.9 Å². The molecule has 0 saturated carbocycles. The summed E-state index contributed by atoms with van der Waals surface area (Å²) in [5.41, 5.74) is 1.27. The van der Waals surface area contributed by atoms with Gasteiger partial charge < -0.3 is 19.9 Å². The van der Waals surface area contributed by atoms with E-state index < -0.39 is 6.09 Å². The Morgan fingerprint density at radius 3 is 2.32 bits per heavy atom. The number of nitrogens with one attached hydrogen (secondary N) is 1. The van der Waals surface area contributed by atoms with Crippen LogP contribution in [0.25, 0.3) is 0 Å². The lowest BCUT2D eigenvalue weighted by atomic mass is 9.96. The minimum atomic E-state index is -0.393. The number of para-hydroxylation sites is 2. The third kappa shape index (κ3) is 3.76. The van der Waals surface area contributed by atoms with E-state index in [-0.39, 0.29) is 17.9 Å². The number of rotatable bonds is 3. The van der Waals surface area contributed by atoms with Gasteiger partial charge in [0, 0.05) is 32.1 Å². The summed E-state index contributed by atoms with van der Waals surface area (Å²) in [4.78, 5) is 42.5. The van der Waals surface area contributed by atoms with Crippen molar-refractivity contribution in [3.05, 3.63) is 24.3 Å². The summed E-state index contributed by atoms with van der Waals surface area (Å²) in [5, 5.41) is 2.97. The van der Waals surface area contributed by atoms with Gasteiger partial charge in [-0.3, -0.25) is 9.69 Å². The average molecular weight is 386 g/mol. The quantitative estimate of drug-likeness (QED) is 0.865. The minimum Gasteiger partial charge on any atom is -0.447 e. The second-order valence-corrected chi connectivity index (χ2v) is 7.51. The predicted octanol–water partition coefficient (Wildman–Crippen LogP) is 2.51. The molecule has 0 spiro atoms. The Kier molecular flexibility index (Phi) is 5.36. The second-order valence-electron chi connectivity index (χ2n) is 7.51. The highest BCUT2D eigenvalue weighted by atomic mass is 16.6. The first-order chi connectivity index (χ1) is 13.6. The minimum absolute atomic E-state index is 0.0618. The SMILES string of the molecule is O=C(Nc1ccccc1N1CCOC1=O)C1CCN(C(=O)N2CCCC2)CC1. The fraction of sp³-hybridized carbons (Fsp3) is 0.550. The monoisotopic (exact) mass is 386 g/mol. The highest BCUT2D eigenvalue weighted by Gasteiger charge is 2.31. The van der Waals surface area contributed by atoms with Crippen LogP contribution in [0, 0.1) is 5.92 Å². The predicted molar refractivity (Wildman–Crippen MR) is 104 cm³/mol. The molecule has 3 heterocycles. The van der Waals surface area contributed by atoms with Gasteiger partial charge in [-0.2, -0.15) is 0 Å². The van der Waals surface area contributed by atoms with Gasteiger partial charge in [-0.15, -0.1) is 0 Å². The lowest BCUT2D eigenvalue weighted by molar-refractivity contribution is -0.121. The number of ether oxygens (including phenoxy) is 1. The van der Waals surface area contributed by atoms with E-state index >= 15 is 0 Å². The Morgan fingerprint density at radius 1 is 0.964 bits per heavy atom. The zero-order chi connectivity index (χ0) is 19.5. The Bertz CT molecular complexity index is 754. The Morgan fingerprint density at radius 2 is 1.64 bits per heavy atom. The van der Waals surface area contributed by atoms with Crippen LogP contribution in [0.15, 0.2) is 24.3 Å². The van der Waals surface area contributed by atoms with Crippen molar-refractivity contribution in [1.82, 2.24) is 9.80 Å². The van der Waals surface area contributed by atoms with E-state index in [4.69, 9.17) is 4.74 Å². The summed E-state index contributed by atoms with van der Waals surface area (Å²) in [6, 6.07) is 7.37. The van der Waals surface area contributed by atoms with Crippen molar-refractivity contribution >= 4 is 29.4 Å². The van der Waals surface area contributed by atoms with Crippen molar-refractivity contribution in [2.24, 2.45) is 5.92 Å². The maximum atomic E-state index is 12.8. The van der Waals surface area contributed by atoms with E-state index in [0.29, 0.717) is 50.5 Å². The third-order valence-corrected chi connectivity index (χ3v) is 5.73. The molecule has 1 N–H and O–H groups in total. The van der Waals surface area contributed by atoms with Gasteiger partial charge in [-0.25, -0.2) is 9.59 Å². The Labute approximate surface area is 164 Å². The average Bonchev–Trinajstić information content (AvgIpc) is 3.40. The van der Waals surface area contributed by atoms with Crippen molar-refractivity contribution in [3.63, 3.8) is 0 Å². The van der Waals surface area contributed by atoms with Crippen LogP contribution < -0.4 is 10.2 Å². The molecule has 3 aliphatic heterocycles. The Balaban J connectivity index is 1.35. The first kappa shape index (κ1) is 18.6. The molecular formula is C20H26N4O4. The molecule has 8 heteroatoms. The molecule has 0 bridgehead atoms. The number of carbonyl (C=O) groups is 3. The summed E-state index contributed by atoms with van der Waals surface area (Å²) in [6.07, 6.45) is 3.07. The normalized spacial score (nSPS) is 20.4. The molecule has 0 radical (unpaired) electrons. The van der Waals surface area contributed by atoms with Gasteiger partial charge in [0.15, 0.2) is 0 Å². The summed E-state index contributed by atoms with van der Waals surface area (Å²) < 4.78 is 5.01. The molecule has 3 saturated heterocycles. The lowest BCUT2D eigenvalue weighted by Gasteiger charge is -2.34. The molecule has 3 fully saturated rings. The molecular weight excluding hydrogens is 360 g/mol. The van der Waals surface area contributed by atoms with Crippen LogP contribution in [0.1, 0.15) is 25.7 Å². The van der Waals surface area contributed by atoms with Crippen LogP contribution in [0.2, 0.25) is 0 Å². The smallest absolute Gasteiger partial charge is 0.414 e. The summed E-state index contributed by atoms with van der Waals surface area (Å²) in [7, 11) is 0. The number of urea groups is 1. The fourth-order valence-corrected chi connectivity index (χ4v) is 4.10. The van der Waals surface area contributed by atoms with Crippen LogP contribution in [0.4, 0.5) is 21.0 Å². The molecule has 1 aromatic carbocycles. The van der Waals surface area contributed by atoms with E-state index in [1.165, 1.54) is 4.90 Å². The number of cyclic esters (lactones) is 1. The Hall–Kier alpha value is -2.77. The largest absolute Gasteiger partial charge is 0.447 e. The number of amides is 4. The molecule has 4 rings (SSSR count). The molecule has 150 valence electrons. The molecule has 28 heavy (non-hydrogen) atoms. The van der Waals surface area contributed by atoms with Gasteiger partial charge >= 0.3 is 12.1 Å². The van der Waals surface area contributed by atoms with E-state index in [1.54, 1.807) is 12.1 Å². The number of hydrogen-bond acceptors (Lipinski definition) is 4. The van der Waals surface area contributed by atoms with Crippen LogP contribution in [-0.2, 0) is 9.53 Å². The van der Waals surface area contributed by atoms with E-state index in [2.05, 4.69) is 5.32 Å². The van der Waals surface area contributed by atoms with Crippen LogP contribution in [0.3, 0.4) is 0 Å². The lowest BCUT2D eigenvalue weighted by Crippen LogP contribution is -2.47. The van der Waals surface area contributed by atoms with Gasteiger partial charge in [0.1, 0.15) is 6.61 Å².